The van der Waals surface area contributed by atoms with Gasteiger partial charge in [0.2, 0.25) is 0 Å². The Bertz CT molecular complexity index is 1110. The Hall–Kier alpha value is -2.98. The number of rotatable bonds is 3. The first-order chi connectivity index (χ1) is 12.2. The summed E-state index contributed by atoms with van der Waals surface area (Å²) in [6.07, 6.45) is 1.66. The number of aryl methyl sites for hydroxylation is 1. The van der Waals surface area contributed by atoms with E-state index in [0.29, 0.717) is 11.0 Å². The van der Waals surface area contributed by atoms with Crippen molar-refractivity contribution < 1.29 is 0 Å². The molecule has 4 rings (SSSR count). The molecule has 0 saturated carbocycles. The van der Waals surface area contributed by atoms with Crippen molar-refractivity contribution in [3.05, 3.63) is 76.9 Å². The largest absolute Gasteiger partial charge is 0.261 e. The molecule has 0 amide bonds. The Labute approximate surface area is 150 Å². The summed E-state index contributed by atoms with van der Waals surface area (Å²) in [5.74, 6) is 0.676. The minimum Gasteiger partial charge on any atom is -0.261 e. The fourth-order valence-corrected chi connectivity index (χ4v) is 2.85. The van der Waals surface area contributed by atoms with E-state index < -0.39 is 0 Å². The standard InChI is InChI=1S/C20H15ClN4/c1-13-6-7-15-11-16(20(21)24-18(15)10-13)12-22-25-19-9-8-14-4-2-3-5-17(14)23-19/h2-12H,1H3,(H,23,25). The van der Waals surface area contributed by atoms with E-state index in [0.717, 1.165) is 32.9 Å². The van der Waals surface area contributed by atoms with Crippen molar-refractivity contribution in [2.75, 3.05) is 5.43 Å². The number of halogens is 1. The monoisotopic (exact) mass is 346 g/mol. The number of nitrogens with zero attached hydrogens (tertiary/aromatic N) is 3. The van der Waals surface area contributed by atoms with Crippen molar-refractivity contribution >= 4 is 45.4 Å². The van der Waals surface area contributed by atoms with Crippen LogP contribution < -0.4 is 5.43 Å². The molecule has 2 aromatic carbocycles. The lowest BCUT2D eigenvalue weighted by Crippen LogP contribution is -1.95. The fraction of sp³-hybridized carbons (Fsp3) is 0.0500. The van der Waals surface area contributed by atoms with E-state index in [1.165, 1.54) is 0 Å². The molecule has 0 aliphatic carbocycles. The van der Waals surface area contributed by atoms with Crippen molar-refractivity contribution in [1.82, 2.24) is 9.97 Å². The minimum atomic E-state index is 0.426. The summed E-state index contributed by atoms with van der Waals surface area (Å²) >= 11 is 6.27. The van der Waals surface area contributed by atoms with Crippen LogP contribution in [0.1, 0.15) is 11.1 Å². The van der Waals surface area contributed by atoms with Gasteiger partial charge >= 0.3 is 0 Å². The van der Waals surface area contributed by atoms with Crippen LogP contribution in [0.2, 0.25) is 5.15 Å². The number of aromatic nitrogens is 2. The van der Waals surface area contributed by atoms with E-state index in [1.54, 1.807) is 6.21 Å². The molecule has 0 fully saturated rings. The van der Waals surface area contributed by atoms with E-state index >= 15 is 0 Å². The first-order valence-electron chi connectivity index (χ1n) is 7.91. The van der Waals surface area contributed by atoms with Gasteiger partial charge in [0, 0.05) is 16.3 Å². The lowest BCUT2D eigenvalue weighted by atomic mass is 10.1. The summed E-state index contributed by atoms with van der Waals surface area (Å²) in [5, 5.41) is 6.79. The predicted molar refractivity (Wildman–Crippen MR) is 104 cm³/mol. The van der Waals surface area contributed by atoms with Crippen molar-refractivity contribution in [3.8, 4) is 0 Å². The van der Waals surface area contributed by atoms with Crippen molar-refractivity contribution in [3.63, 3.8) is 0 Å². The van der Waals surface area contributed by atoms with Crippen molar-refractivity contribution in [2.24, 2.45) is 5.10 Å². The molecule has 0 aliphatic heterocycles. The average Bonchev–Trinajstić information content (AvgIpc) is 2.62. The molecule has 0 radical (unpaired) electrons. The first kappa shape index (κ1) is 15.5. The molecule has 0 atom stereocenters. The van der Waals surface area contributed by atoms with Gasteiger partial charge in [-0.2, -0.15) is 5.10 Å². The molecule has 0 bridgehead atoms. The molecule has 1 N–H and O–H groups in total. The van der Waals surface area contributed by atoms with Gasteiger partial charge in [-0.15, -0.1) is 0 Å². The summed E-state index contributed by atoms with van der Waals surface area (Å²) in [4.78, 5) is 8.95. The van der Waals surface area contributed by atoms with Crippen LogP contribution in [0.5, 0.6) is 0 Å². The van der Waals surface area contributed by atoms with Gasteiger partial charge < -0.3 is 0 Å². The van der Waals surface area contributed by atoms with E-state index in [-0.39, 0.29) is 0 Å². The average molecular weight is 347 g/mol. The molecule has 5 heteroatoms. The number of fused-ring (bicyclic) bond motifs is 2. The van der Waals surface area contributed by atoms with Crippen LogP contribution in [0.4, 0.5) is 5.82 Å². The van der Waals surface area contributed by atoms with Crippen LogP contribution in [0.25, 0.3) is 21.8 Å². The Morgan fingerprint density at radius 2 is 1.76 bits per heavy atom. The highest BCUT2D eigenvalue weighted by molar-refractivity contribution is 6.32. The lowest BCUT2D eigenvalue weighted by Gasteiger charge is -2.04. The van der Waals surface area contributed by atoms with Crippen LogP contribution >= 0.6 is 11.6 Å². The molecule has 2 heterocycles. The summed E-state index contributed by atoms with van der Waals surface area (Å²) in [6.45, 7) is 2.03. The summed E-state index contributed by atoms with van der Waals surface area (Å²) in [6, 6.07) is 19.9. The Kier molecular flexibility index (Phi) is 4.04. The third kappa shape index (κ3) is 3.30. The summed E-state index contributed by atoms with van der Waals surface area (Å²) in [5.41, 5.74) is 6.65. The second kappa shape index (κ2) is 6.49. The van der Waals surface area contributed by atoms with Gasteiger partial charge in [-0.3, -0.25) is 5.43 Å². The third-order valence-electron chi connectivity index (χ3n) is 3.93. The number of nitrogens with one attached hydrogen (secondary N) is 1. The molecular weight excluding hydrogens is 332 g/mol. The molecule has 25 heavy (non-hydrogen) atoms. The van der Waals surface area contributed by atoms with Crippen molar-refractivity contribution in [2.45, 2.75) is 6.92 Å². The first-order valence-corrected chi connectivity index (χ1v) is 8.29. The summed E-state index contributed by atoms with van der Waals surface area (Å²) in [7, 11) is 0. The smallest absolute Gasteiger partial charge is 0.146 e. The van der Waals surface area contributed by atoms with E-state index in [4.69, 9.17) is 11.6 Å². The van der Waals surface area contributed by atoms with Gasteiger partial charge in [0.1, 0.15) is 11.0 Å². The third-order valence-corrected chi connectivity index (χ3v) is 4.24. The zero-order valence-electron chi connectivity index (χ0n) is 13.6. The number of pyridine rings is 2. The molecule has 0 aliphatic rings. The Morgan fingerprint density at radius 1 is 0.920 bits per heavy atom. The molecule has 122 valence electrons. The molecule has 0 unspecified atom stereocenters. The number of hydrogen-bond acceptors (Lipinski definition) is 4. The minimum absolute atomic E-state index is 0.426. The normalized spacial score (nSPS) is 11.4. The van der Waals surface area contributed by atoms with Gasteiger partial charge in [0.15, 0.2) is 0 Å². The lowest BCUT2D eigenvalue weighted by molar-refractivity contribution is 1.26. The number of hydrazone groups is 1. The zero-order valence-corrected chi connectivity index (χ0v) is 14.3. The maximum atomic E-state index is 6.27. The maximum Gasteiger partial charge on any atom is 0.146 e. The molecular formula is C20H15ClN4. The highest BCUT2D eigenvalue weighted by Gasteiger charge is 2.03. The van der Waals surface area contributed by atoms with E-state index in [2.05, 4.69) is 26.6 Å². The van der Waals surface area contributed by atoms with Gasteiger partial charge in [-0.05, 0) is 42.8 Å². The van der Waals surface area contributed by atoms with Crippen LogP contribution in [-0.2, 0) is 0 Å². The highest BCUT2D eigenvalue weighted by atomic mass is 35.5. The van der Waals surface area contributed by atoms with Crippen molar-refractivity contribution in [1.29, 1.82) is 0 Å². The molecule has 0 saturated heterocycles. The zero-order chi connectivity index (χ0) is 17.2. The predicted octanol–water partition coefficient (Wildman–Crippen LogP) is 5.19. The number of benzene rings is 2. The number of para-hydroxylation sites is 1. The number of anilines is 1. The van der Waals surface area contributed by atoms with E-state index in [1.807, 2.05) is 61.5 Å². The van der Waals surface area contributed by atoms with Crippen LogP contribution in [0.15, 0.2) is 65.8 Å². The van der Waals surface area contributed by atoms with Gasteiger partial charge in [-0.25, -0.2) is 9.97 Å². The quantitative estimate of drug-likeness (QED) is 0.315. The van der Waals surface area contributed by atoms with Crippen LogP contribution in [0.3, 0.4) is 0 Å². The fourth-order valence-electron chi connectivity index (χ4n) is 2.66. The Balaban J connectivity index is 1.59. The number of hydrogen-bond donors (Lipinski definition) is 1. The maximum absolute atomic E-state index is 6.27. The Morgan fingerprint density at radius 3 is 2.68 bits per heavy atom. The SMILES string of the molecule is Cc1ccc2cc(C=NNc3ccc4ccccc4n3)c(Cl)nc2c1. The molecule has 4 nitrogen and oxygen atoms in total. The van der Waals surface area contributed by atoms with E-state index in [9.17, 15) is 0 Å². The second-order valence-electron chi connectivity index (χ2n) is 5.82. The van der Waals surface area contributed by atoms with Crippen LogP contribution in [-0.4, -0.2) is 16.2 Å². The molecule has 2 aromatic heterocycles. The van der Waals surface area contributed by atoms with Gasteiger partial charge in [0.05, 0.1) is 17.2 Å². The van der Waals surface area contributed by atoms with Gasteiger partial charge in [0.25, 0.3) is 0 Å². The second-order valence-corrected chi connectivity index (χ2v) is 6.18. The topological polar surface area (TPSA) is 50.2 Å². The molecule has 0 spiro atoms. The summed E-state index contributed by atoms with van der Waals surface area (Å²) < 4.78 is 0. The molecule has 4 aromatic rings. The van der Waals surface area contributed by atoms with Gasteiger partial charge in [-0.1, -0.05) is 41.9 Å². The highest BCUT2D eigenvalue weighted by Crippen LogP contribution is 2.20. The van der Waals surface area contributed by atoms with Crippen LogP contribution in [0, 0.1) is 6.92 Å².